The summed E-state index contributed by atoms with van der Waals surface area (Å²) >= 11 is 0. The van der Waals surface area contributed by atoms with Gasteiger partial charge >= 0.3 is 5.97 Å². The van der Waals surface area contributed by atoms with E-state index in [2.05, 4.69) is 20.3 Å². The van der Waals surface area contributed by atoms with Gasteiger partial charge in [0.2, 0.25) is 0 Å². The van der Waals surface area contributed by atoms with E-state index in [0.717, 1.165) is 18.5 Å². The Balaban J connectivity index is 2.03. The van der Waals surface area contributed by atoms with Crippen molar-refractivity contribution in [3.05, 3.63) is 48.3 Å². The predicted molar refractivity (Wildman–Crippen MR) is 83.6 cm³/mol. The van der Waals surface area contributed by atoms with Gasteiger partial charge < -0.3 is 15.0 Å². The molecule has 23 heavy (non-hydrogen) atoms. The van der Waals surface area contributed by atoms with Crippen molar-refractivity contribution in [1.82, 2.24) is 20.3 Å². The SMILES string of the molecule is CCCCOC(=O)[C@@H](Cc1cnc[nH]1)NC(=O)c1ccncc1. The van der Waals surface area contributed by atoms with Crippen LogP contribution in [-0.2, 0) is 16.0 Å². The van der Waals surface area contributed by atoms with Crippen molar-refractivity contribution >= 4 is 11.9 Å². The highest BCUT2D eigenvalue weighted by Crippen LogP contribution is 2.04. The van der Waals surface area contributed by atoms with E-state index in [9.17, 15) is 9.59 Å². The number of hydrogen-bond acceptors (Lipinski definition) is 5. The van der Waals surface area contributed by atoms with Crippen molar-refractivity contribution in [2.24, 2.45) is 0 Å². The van der Waals surface area contributed by atoms with Crippen molar-refractivity contribution < 1.29 is 14.3 Å². The number of esters is 1. The molecule has 0 saturated carbocycles. The van der Waals surface area contributed by atoms with Crippen LogP contribution >= 0.6 is 0 Å². The van der Waals surface area contributed by atoms with Crippen molar-refractivity contribution in [3.63, 3.8) is 0 Å². The summed E-state index contributed by atoms with van der Waals surface area (Å²) in [5.41, 5.74) is 1.19. The molecule has 0 unspecified atom stereocenters. The summed E-state index contributed by atoms with van der Waals surface area (Å²) in [6, 6.07) is 2.41. The third-order valence-corrected chi connectivity index (χ3v) is 3.25. The summed E-state index contributed by atoms with van der Waals surface area (Å²) in [5, 5.41) is 2.71. The second-order valence-electron chi connectivity index (χ2n) is 5.06. The molecule has 2 rings (SSSR count). The Bertz CT molecular complexity index is 614. The Morgan fingerprint density at radius 3 is 2.74 bits per heavy atom. The lowest BCUT2D eigenvalue weighted by Gasteiger charge is -2.17. The number of nitrogens with zero attached hydrogens (tertiary/aromatic N) is 2. The van der Waals surface area contributed by atoms with Gasteiger partial charge in [0.05, 0.1) is 12.9 Å². The lowest BCUT2D eigenvalue weighted by molar-refractivity contribution is -0.146. The number of ether oxygens (including phenoxy) is 1. The maximum absolute atomic E-state index is 12.2. The maximum atomic E-state index is 12.2. The largest absolute Gasteiger partial charge is 0.464 e. The number of imidazole rings is 1. The Labute approximate surface area is 134 Å². The molecule has 122 valence electrons. The number of H-pyrrole nitrogens is 1. The Kier molecular flexibility index (Phi) is 6.28. The number of carbonyl (C=O) groups excluding carboxylic acids is 2. The van der Waals surface area contributed by atoms with Gasteiger partial charge in [-0.15, -0.1) is 0 Å². The zero-order valence-electron chi connectivity index (χ0n) is 13.0. The fourth-order valence-electron chi connectivity index (χ4n) is 1.97. The molecule has 0 saturated heterocycles. The van der Waals surface area contributed by atoms with E-state index in [1.165, 1.54) is 18.7 Å². The van der Waals surface area contributed by atoms with Crippen LogP contribution in [0.2, 0.25) is 0 Å². The van der Waals surface area contributed by atoms with Gasteiger partial charge in [0.25, 0.3) is 5.91 Å². The molecule has 1 atom stereocenters. The number of rotatable bonds is 8. The van der Waals surface area contributed by atoms with Crippen LogP contribution in [0.25, 0.3) is 0 Å². The van der Waals surface area contributed by atoms with Gasteiger partial charge in [-0.1, -0.05) is 13.3 Å². The normalized spacial score (nSPS) is 11.7. The standard InChI is InChI=1S/C16H20N4O3/c1-2-3-8-23-16(22)14(9-13-10-18-11-19-13)20-15(21)12-4-6-17-7-5-12/h4-7,10-11,14H,2-3,8-9H2,1H3,(H,18,19)(H,20,21)/t14-/m1/s1. The van der Waals surface area contributed by atoms with Crippen LogP contribution in [0.4, 0.5) is 0 Å². The fraction of sp³-hybridized carbons (Fsp3) is 0.375. The molecule has 0 aromatic carbocycles. The van der Waals surface area contributed by atoms with Gasteiger partial charge in [-0.2, -0.15) is 0 Å². The van der Waals surface area contributed by atoms with Gasteiger partial charge in [-0.25, -0.2) is 9.78 Å². The van der Waals surface area contributed by atoms with Crippen LogP contribution < -0.4 is 5.32 Å². The molecule has 0 bridgehead atoms. The zero-order chi connectivity index (χ0) is 16.5. The van der Waals surface area contributed by atoms with Gasteiger partial charge in [-0.05, 0) is 18.6 Å². The molecule has 2 aromatic heterocycles. The summed E-state index contributed by atoms with van der Waals surface area (Å²) in [5.74, 6) is -0.792. The molecule has 2 N–H and O–H groups in total. The molecule has 7 nitrogen and oxygen atoms in total. The van der Waals surface area contributed by atoms with E-state index < -0.39 is 12.0 Å². The zero-order valence-corrected chi connectivity index (χ0v) is 13.0. The number of carbonyl (C=O) groups is 2. The van der Waals surface area contributed by atoms with E-state index in [4.69, 9.17) is 4.74 Å². The summed E-state index contributed by atoms with van der Waals surface area (Å²) in [4.78, 5) is 35.2. The second-order valence-corrected chi connectivity index (χ2v) is 5.06. The van der Waals surface area contributed by atoms with Gasteiger partial charge in [-0.3, -0.25) is 9.78 Å². The van der Waals surface area contributed by atoms with E-state index in [1.807, 2.05) is 6.92 Å². The number of hydrogen-bond donors (Lipinski definition) is 2. The minimum absolute atomic E-state index is 0.293. The number of aromatic amines is 1. The molecule has 0 fully saturated rings. The van der Waals surface area contributed by atoms with E-state index >= 15 is 0 Å². The molecule has 1 amide bonds. The highest BCUT2D eigenvalue weighted by Gasteiger charge is 2.23. The maximum Gasteiger partial charge on any atom is 0.329 e. The fourth-order valence-corrected chi connectivity index (χ4v) is 1.97. The Hall–Kier alpha value is -2.70. The molecule has 0 aliphatic rings. The molecule has 2 heterocycles. The third kappa shape index (κ3) is 5.21. The van der Waals surface area contributed by atoms with Crippen molar-refractivity contribution in [2.45, 2.75) is 32.2 Å². The highest BCUT2D eigenvalue weighted by atomic mass is 16.5. The average molecular weight is 316 g/mol. The molecule has 0 spiro atoms. The van der Waals surface area contributed by atoms with Crippen LogP contribution in [-0.4, -0.2) is 39.5 Å². The first kappa shape index (κ1) is 16.7. The quantitative estimate of drug-likeness (QED) is 0.568. The van der Waals surface area contributed by atoms with Crippen LogP contribution in [0, 0.1) is 0 Å². The Morgan fingerprint density at radius 2 is 2.09 bits per heavy atom. The predicted octanol–water partition coefficient (Wildman–Crippen LogP) is 1.49. The topological polar surface area (TPSA) is 97.0 Å². The lowest BCUT2D eigenvalue weighted by atomic mass is 10.1. The van der Waals surface area contributed by atoms with Gasteiger partial charge in [0, 0.05) is 36.3 Å². The highest BCUT2D eigenvalue weighted by molar-refractivity contribution is 5.96. The smallest absolute Gasteiger partial charge is 0.329 e. The third-order valence-electron chi connectivity index (χ3n) is 3.25. The number of aromatic nitrogens is 3. The summed E-state index contributed by atoms with van der Waals surface area (Å²) in [6.45, 7) is 2.36. The summed E-state index contributed by atoms with van der Waals surface area (Å²) in [6.07, 6.45) is 8.21. The monoisotopic (exact) mass is 316 g/mol. The second kappa shape index (κ2) is 8.67. The average Bonchev–Trinajstić information content (AvgIpc) is 3.08. The number of pyridine rings is 1. The minimum atomic E-state index is -0.770. The Morgan fingerprint density at radius 1 is 1.30 bits per heavy atom. The van der Waals surface area contributed by atoms with Crippen molar-refractivity contribution in [1.29, 1.82) is 0 Å². The molecular formula is C16H20N4O3. The van der Waals surface area contributed by atoms with Crippen molar-refractivity contribution in [2.75, 3.05) is 6.61 Å². The summed E-state index contributed by atoms with van der Waals surface area (Å²) < 4.78 is 5.23. The molecule has 7 heteroatoms. The van der Waals surface area contributed by atoms with Gasteiger partial charge in [0.15, 0.2) is 0 Å². The number of nitrogens with one attached hydrogen (secondary N) is 2. The number of amides is 1. The molecule has 0 radical (unpaired) electrons. The first-order valence-electron chi connectivity index (χ1n) is 7.55. The first-order valence-corrected chi connectivity index (χ1v) is 7.55. The van der Waals surface area contributed by atoms with Crippen LogP contribution in [0.15, 0.2) is 37.1 Å². The lowest BCUT2D eigenvalue weighted by Crippen LogP contribution is -2.43. The molecule has 0 aliphatic carbocycles. The van der Waals surface area contributed by atoms with E-state index in [1.54, 1.807) is 18.3 Å². The van der Waals surface area contributed by atoms with E-state index in [-0.39, 0.29) is 5.91 Å². The summed E-state index contributed by atoms with van der Waals surface area (Å²) in [7, 11) is 0. The van der Waals surface area contributed by atoms with Crippen LogP contribution in [0.5, 0.6) is 0 Å². The molecule has 0 aliphatic heterocycles. The number of unbranched alkanes of at least 4 members (excludes halogenated alkanes) is 1. The minimum Gasteiger partial charge on any atom is -0.464 e. The van der Waals surface area contributed by atoms with Gasteiger partial charge in [0.1, 0.15) is 6.04 Å². The van der Waals surface area contributed by atoms with E-state index in [0.29, 0.717) is 18.6 Å². The van der Waals surface area contributed by atoms with Crippen LogP contribution in [0.3, 0.4) is 0 Å². The molecule has 2 aromatic rings. The van der Waals surface area contributed by atoms with Crippen LogP contribution in [0.1, 0.15) is 35.8 Å². The van der Waals surface area contributed by atoms with Crippen molar-refractivity contribution in [3.8, 4) is 0 Å². The molecular weight excluding hydrogens is 296 g/mol. The first-order chi connectivity index (χ1) is 11.2.